The van der Waals surface area contributed by atoms with Crippen LogP contribution >= 0.6 is 11.6 Å². The second-order valence-corrected chi connectivity index (χ2v) is 8.27. The third-order valence-corrected chi connectivity index (χ3v) is 5.07. The standard InChI is InChI=1S/C23H22ClF3N4O3/c1-13(2)11-31-21(24)17(14(3)30-31)5-7-20(32)29-19-6-4-16(10-18(19)23(25,26)27)28-22(33)15-8-9-34-12-15/h4-10,12-13H,11H2,1-3H3,(H,28,33)(H,29,32)/b7-5+. The van der Waals surface area contributed by atoms with Crippen molar-refractivity contribution in [2.24, 2.45) is 5.92 Å². The highest BCUT2D eigenvalue weighted by molar-refractivity contribution is 6.31. The van der Waals surface area contributed by atoms with Crippen LogP contribution in [-0.2, 0) is 17.5 Å². The number of nitrogens with one attached hydrogen (secondary N) is 2. The summed E-state index contributed by atoms with van der Waals surface area (Å²) < 4.78 is 47.3. The number of carbonyl (C=O) groups is 2. The maximum atomic E-state index is 13.6. The first-order valence-electron chi connectivity index (χ1n) is 10.2. The van der Waals surface area contributed by atoms with Crippen molar-refractivity contribution in [2.45, 2.75) is 33.5 Å². The third-order valence-electron chi connectivity index (χ3n) is 4.67. The molecule has 0 saturated carbocycles. The summed E-state index contributed by atoms with van der Waals surface area (Å²) in [5, 5.41) is 9.25. The van der Waals surface area contributed by atoms with E-state index < -0.39 is 29.2 Å². The van der Waals surface area contributed by atoms with E-state index >= 15 is 0 Å². The Morgan fingerprint density at radius 1 is 1.24 bits per heavy atom. The van der Waals surface area contributed by atoms with Gasteiger partial charge in [-0.3, -0.25) is 14.3 Å². The number of anilines is 2. The van der Waals surface area contributed by atoms with Crippen LogP contribution in [-0.4, -0.2) is 21.6 Å². The van der Waals surface area contributed by atoms with Crippen LogP contribution < -0.4 is 10.6 Å². The predicted octanol–water partition coefficient (Wildman–Crippen LogP) is 6.02. The molecule has 3 aromatic rings. The normalized spacial score (nSPS) is 11.9. The van der Waals surface area contributed by atoms with Gasteiger partial charge in [-0.15, -0.1) is 0 Å². The molecule has 0 unspecified atom stereocenters. The molecule has 0 bridgehead atoms. The van der Waals surface area contributed by atoms with Crippen molar-refractivity contribution >= 4 is 40.9 Å². The first kappa shape index (κ1) is 25.1. The molecular formula is C23H22ClF3N4O3. The van der Waals surface area contributed by atoms with Gasteiger partial charge in [-0.2, -0.15) is 18.3 Å². The minimum absolute atomic E-state index is 0.0907. The number of nitrogens with zero attached hydrogens (tertiary/aromatic N) is 2. The lowest BCUT2D eigenvalue weighted by Crippen LogP contribution is -2.16. The second kappa shape index (κ2) is 10.2. The molecule has 0 aliphatic heterocycles. The number of furan rings is 1. The molecule has 11 heteroatoms. The fourth-order valence-electron chi connectivity index (χ4n) is 3.12. The summed E-state index contributed by atoms with van der Waals surface area (Å²) in [5.41, 5.74) is -0.414. The molecule has 2 aromatic heterocycles. The van der Waals surface area contributed by atoms with Crippen LogP contribution in [0.25, 0.3) is 6.08 Å². The molecule has 2 amide bonds. The molecule has 3 rings (SSSR count). The van der Waals surface area contributed by atoms with Crippen molar-refractivity contribution in [1.82, 2.24) is 9.78 Å². The number of hydrogen-bond acceptors (Lipinski definition) is 4. The van der Waals surface area contributed by atoms with Crippen LogP contribution in [0.5, 0.6) is 0 Å². The van der Waals surface area contributed by atoms with E-state index in [9.17, 15) is 22.8 Å². The lowest BCUT2D eigenvalue weighted by atomic mass is 10.1. The number of amides is 2. The van der Waals surface area contributed by atoms with Gasteiger partial charge >= 0.3 is 6.18 Å². The van der Waals surface area contributed by atoms with Crippen molar-refractivity contribution in [3.63, 3.8) is 0 Å². The molecule has 2 N–H and O–H groups in total. The predicted molar refractivity (Wildman–Crippen MR) is 123 cm³/mol. The summed E-state index contributed by atoms with van der Waals surface area (Å²) in [6.45, 7) is 6.31. The molecular weight excluding hydrogens is 473 g/mol. The monoisotopic (exact) mass is 494 g/mol. The van der Waals surface area contributed by atoms with E-state index in [4.69, 9.17) is 16.0 Å². The molecule has 2 heterocycles. The van der Waals surface area contributed by atoms with E-state index in [2.05, 4.69) is 15.7 Å². The average molecular weight is 495 g/mol. The van der Waals surface area contributed by atoms with Gasteiger partial charge in [0.25, 0.3) is 5.91 Å². The van der Waals surface area contributed by atoms with E-state index in [1.807, 2.05) is 13.8 Å². The van der Waals surface area contributed by atoms with Crippen LogP contribution in [0.15, 0.2) is 47.3 Å². The van der Waals surface area contributed by atoms with E-state index in [0.717, 1.165) is 18.2 Å². The molecule has 180 valence electrons. The van der Waals surface area contributed by atoms with Crippen LogP contribution in [0, 0.1) is 12.8 Å². The van der Waals surface area contributed by atoms with Crippen LogP contribution in [0.4, 0.5) is 24.5 Å². The fourth-order valence-corrected chi connectivity index (χ4v) is 3.43. The molecule has 0 fully saturated rings. The Labute approximate surface area is 198 Å². The van der Waals surface area contributed by atoms with E-state index in [1.54, 1.807) is 11.6 Å². The molecule has 0 radical (unpaired) electrons. The summed E-state index contributed by atoms with van der Waals surface area (Å²) in [4.78, 5) is 24.5. The minimum atomic E-state index is -4.78. The summed E-state index contributed by atoms with van der Waals surface area (Å²) in [7, 11) is 0. The number of halogens is 4. The quantitative estimate of drug-likeness (QED) is 0.393. The van der Waals surface area contributed by atoms with Crippen molar-refractivity contribution in [3.05, 3.63) is 70.4 Å². The number of aromatic nitrogens is 2. The fraction of sp³-hybridized carbons (Fsp3) is 0.261. The summed E-state index contributed by atoms with van der Waals surface area (Å²) >= 11 is 6.33. The van der Waals surface area contributed by atoms with Gasteiger partial charge in [0.15, 0.2) is 0 Å². The molecule has 0 atom stereocenters. The van der Waals surface area contributed by atoms with Crippen molar-refractivity contribution in [2.75, 3.05) is 10.6 Å². The average Bonchev–Trinajstić information content (AvgIpc) is 3.36. The van der Waals surface area contributed by atoms with E-state index in [-0.39, 0.29) is 11.3 Å². The zero-order valence-corrected chi connectivity index (χ0v) is 19.3. The van der Waals surface area contributed by atoms with Crippen LogP contribution in [0.1, 0.15) is 41.0 Å². The van der Waals surface area contributed by atoms with E-state index in [0.29, 0.717) is 28.9 Å². The molecule has 0 aliphatic carbocycles. The number of aryl methyl sites for hydroxylation is 1. The Hall–Kier alpha value is -3.53. The molecule has 7 nitrogen and oxygen atoms in total. The number of alkyl halides is 3. The Morgan fingerprint density at radius 3 is 2.59 bits per heavy atom. The second-order valence-electron chi connectivity index (χ2n) is 7.91. The molecule has 1 aromatic carbocycles. The maximum absolute atomic E-state index is 13.6. The summed E-state index contributed by atoms with van der Waals surface area (Å²) in [5.74, 6) is -1.12. The van der Waals surface area contributed by atoms with Gasteiger partial charge in [0.05, 0.1) is 28.8 Å². The topological polar surface area (TPSA) is 89.2 Å². The number of rotatable bonds is 7. The molecule has 0 saturated heterocycles. The third kappa shape index (κ3) is 6.07. The number of benzene rings is 1. The van der Waals surface area contributed by atoms with Crippen molar-refractivity contribution in [1.29, 1.82) is 0 Å². The smallest absolute Gasteiger partial charge is 0.418 e. The highest BCUT2D eigenvalue weighted by atomic mass is 35.5. The lowest BCUT2D eigenvalue weighted by Gasteiger charge is -2.15. The van der Waals surface area contributed by atoms with Gasteiger partial charge in [0, 0.05) is 23.9 Å². The van der Waals surface area contributed by atoms with Crippen LogP contribution in [0.3, 0.4) is 0 Å². The van der Waals surface area contributed by atoms with Gasteiger partial charge in [0.2, 0.25) is 5.91 Å². The Bertz CT molecular complexity index is 1220. The largest absolute Gasteiger partial charge is 0.472 e. The highest BCUT2D eigenvalue weighted by Crippen LogP contribution is 2.37. The van der Waals surface area contributed by atoms with Crippen molar-refractivity contribution < 1.29 is 27.2 Å². The minimum Gasteiger partial charge on any atom is -0.472 e. The molecule has 34 heavy (non-hydrogen) atoms. The first-order chi connectivity index (χ1) is 16.0. The van der Waals surface area contributed by atoms with Gasteiger partial charge in [0.1, 0.15) is 11.4 Å². The SMILES string of the molecule is Cc1nn(CC(C)C)c(Cl)c1/C=C/C(=O)Nc1ccc(NC(=O)c2ccoc2)cc1C(F)(F)F. The first-order valence-corrected chi connectivity index (χ1v) is 10.6. The Morgan fingerprint density at radius 2 is 1.97 bits per heavy atom. The summed E-state index contributed by atoms with van der Waals surface area (Å²) in [6.07, 6.45) is 0.155. The number of hydrogen-bond donors (Lipinski definition) is 2. The van der Waals surface area contributed by atoms with Gasteiger partial charge < -0.3 is 15.1 Å². The van der Waals surface area contributed by atoms with Gasteiger partial charge in [-0.25, -0.2) is 0 Å². The zero-order chi connectivity index (χ0) is 25.0. The lowest BCUT2D eigenvalue weighted by molar-refractivity contribution is -0.136. The summed E-state index contributed by atoms with van der Waals surface area (Å²) in [6, 6.07) is 4.44. The van der Waals surface area contributed by atoms with Crippen molar-refractivity contribution in [3.8, 4) is 0 Å². The Balaban J connectivity index is 1.78. The van der Waals surface area contributed by atoms with Gasteiger partial charge in [-0.1, -0.05) is 25.4 Å². The van der Waals surface area contributed by atoms with Crippen LogP contribution in [0.2, 0.25) is 5.15 Å². The Kier molecular flexibility index (Phi) is 7.51. The highest BCUT2D eigenvalue weighted by Gasteiger charge is 2.34. The van der Waals surface area contributed by atoms with E-state index in [1.165, 1.54) is 30.7 Å². The molecule has 0 spiro atoms. The molecule has 0 aliphatic rings. The zero-order valence-electron chi connectivity index (χ0n) is 18.5. The maximum Gasteiger partial charge on any atom is 0.418 e. The number of carbonyl (C=O) groups excluding carboxylic acids is 2. The van der Waals surface area contributed by atoms with Gasteiger partial charge in [-0.05, 0) is 43.2 Å².